The number of para-hydroxylation sites is 1. The maximum absolute atomic E-state index is 12.8. The van der Waals surface area contributed by atoms with Gasteiger partial charge >= 0.3 is 6.18 Å². The minimum absolute atomic E-state index is 0.00682. The third-order valence-corrected chi connectivity index (χ3v) is 3.21. The number of anilines is 1. The van der Waals surface area contributed by atoms with Crippen LogP contribution in [0, 0.1) is 0 Å². The van der Waals surface area contributed by atoms with Gasteiger partial charge in [0.25, 0.3) is 5.91 Å². The summed E-state index contributed by atoms with van der Waals surface area (Å²) in [4.78, 5) is 12.1. The molecular formula is C15H11ClF3NO2. The Morgan fingerprint density at radius 3 is 2.50 bits per heavy atom. The second-order valence-corrected chi connectivity index (χ2v) is 4.75. The Bertz CT molecular complexity index is 701. The lowest BCUT2D eigenvalue weighted by Gasteiger charge is -2.12. The zero-order valence-corrected chi connectivity index (χ0v) is 12.1. The fourth-order valence-electron chi connectivity index (χ4n) is 1.85. The quantitative estimate of drug-likeness (QED) is 0.892. The molecule has 0 aliphatic rings. The summed E-state index contributed by atoms with van der Waals surface area (Å²) in [5.74, 6) is -0.252. The van der Waals surface area contributed by atoms with Crippen LogP contribution in [0.3, 0.4) is 0 Å². The summed E-state index contributed by atoms with van der Waals surface area (Å²) >= 11 is 5.53. The van der Waals surface area contributed by atoms with Gasteiger partial charge in [-0.05, 0) is 30.3 Å². The number of alkyl halides is 3. The number of nitrogens with one attached hydrogen (secondary N) is 1. The third-order valence-electron chi connectivity index (χ3n) is 2.88. The lowest BCUT2D eigenvalue weighted by Crippen LogP contribution is -2.14. The molecular weight excluding hydrogens is 319 g/mol. The van der Waals surface area contributed by atoms with Crippen molar-refractivity contribution >= 4 is 23.2 Å². The van der Waals surface area contributed by atoms with Gasteiger partial charge in [0, 0.05) is 5.69 Å². The molecule has 0 spiro atoms. The number of rotatable bonds is 3. The highest BCUT2D eigenvalue weighted by Crippen LogP contribution is 2.36. The van der Waals surface area contributed by atoms with Crippen LogP contribution in [0.1, 0.15) is 15.9 Å². The van der Waals surface area contributed by atoms with E-state index >= 15 is 0 Å². The van der Waals surface area contributed by atoms with Crippen molar-refractivity contribution in [3.63, 3.8) is 0 Å². The second kappa shape index (κ2) is 6.27. The number of methoxy groups -OCH3 is 1. The van der Waals surface area contributed by atoms with E-state index in [4.69, 9.17) is 16.3 Å². The standard InChI is InChI=1S/C15H11ClF3NO2/c1-22-13-5-3-2-4-10(13)14(21)20-9-6-7-12(16)11(8-9)15(17,18)19/h2-8H,1H3,(H,20,21). The molecule has 0 bridgehead atoms. The highest BCUT2D eigenvalue weighted by Gasteiger charge is 2.33. The summed E-state index contributed by atoms with van der Waals surface area (Å²) in [6, 6.07) is 9.57. The molecule has 0 radical (unpaired) electrons. The molecule has 0 aromatic heterocycles. The lowest BCUT2D eigenvalue weighted by molar-refractivity contribution is -0.137. The maximum Gasteiger partial charge on any atom is 0.417 e. The van der Waals surface area contributed by atoms with Crippen LogP contribution in [0.25, 0.3) is 0 Å². The molecule has 0 fully saturated rings. The number of carbonyl (C=O) groups excluding carboxylic acids is 1. The number of hydrogen-bond acceptors (Lipinski definition) is 2. The number of halogens is 4. The summed E-state index contributed by atoms with van der Waals surface area (Å²) in [6.45, 7) is 0. The molecule has 0 aliphatic carbocycles. The van der Waals surface area contributed by atoms with Gasteiger partial charge in [-0.15, -0.1) is 0 Å². The Hall–Kier alpha value is -2.21. The summed E-state index contributed by atoms with van der Waals surface area (Å²) in [5, 5.41) is 1.97. The van der Waals surface area contributed by atoms with Gasteiger partial charge in [-0.25, -0.2) is 0 Å². The van der Waals surface area contributed by atoms with Crippen LogP contribution in [-0.2, 0) is 6.18 Å². The van der Waals surface area contributed by atoms with Gasteiger partial charge in [0.1, 0.15) is 5.75 Å². The Morgan fingerprint density at radius 1 is 1.18 bits per heavy atom. The van der Waals surface area contributed by atoms with Crippen molar-refractivity contribution < 1.29 is 22.7 Å². The summed E-state index contributed by atoms with van der Waals surface area (Å²) in [6.07, 6.45) is -4.59. The van der Waals surface area contributed by atoms with Crippen LogP contribution in [0.15, 0.2) is 42.5 Å². The van der Waals surface area contributed by atoms with E-state index in [1.54, 1.807) is 18.2 Å². The van der Waals surface area contributed by atoms with Crippen molar-refractivity contribution in [1.82, 2.24) is 0 Å². The average molecular weight is 330 g/mol. The molecule has 7 heteroatoms. The second-order valence-electron chi connectivity index (χ2n) is 4.35. The van der Waals surface area contributed by atoms with E-state index in [1.807, 2.05) is 0 Å². The first kappa shape index (κ1) is 16.2. The molecule has 1 amide bonds. The molecule has 116 valence electrons. The van der Waals surface area contributed by atoms with E-state index in [9.17, 15) is 18.0 Å². The number of amides is 1. The molecule has 0 unspecified atom stereocenters. The van der Waals surface area contributed by atoms with Crippen LogP contribution < -0.4 is 10.1 Å². The van der Waals surface area contributed by atoms with Gasteiger partial charge in [-0.1, -0.05) is 23.7 Å². The highest BCUT2D eigenvalue weighted by atomic mass is 35.5. The predicted molar refractivity (Wildman–Crippen MR) is 77.4 cm³/mol. The van der Waals surface area contributed by atoms with E-state index in [-0.39, 0.29) is 11.3 Å². The maximum atomic E-state index is 12.8. The topological polar surface area (TPSA) is 38.3 Å². The largest absolute Gasteiger partial charge is 0.496 e. The van der Waals surface area contributed by atoms with E-state index in [0.29, 0.717) is 5.75 Å². The minimum atomic E-state index is -4.59. The molecule has 22 heavy (non-hydrogen) atoms. The smallest absolute Gasteiger partial charge is 0.417 e. The van der Waals surface area contributed by atoms with Gasteiger partial charge in [-0.3, -0.25) is 4.79 Å². The first-order chi connectivity index (χ1) is 10.3. The molecule has 2 aromatic rings. The Balaban J connectivity index is 2.29. The number of hydrogen-bond donors (Lipinski definition) is 1. The number of benzene rings is 2. The summed E-state index contributed by atoms with van der Waals surface area (Å²) in [7, 11) is 1.40. The van der Waals surface area contributed by atoms with Gasteiger partial charge in [0.15, 0.2) is 0 Å². The van der Waals surface area contributed by atoms with Crippen molar-refractivity contribution in [3.8, 4) is 5.75 Å². The zero-order chi connectivity index (χ0) is 16.3. The Morgan fingerprint density at radius 2 is 1.86 bits per heavy atom. The van der Waals surface area contributed by atoms with Crippen LogP contribution in [0.4, 0.5) is 18.9 Å². The minimum Gasteiger partial charge on any atom is -0.496 e. The number of carbonyl (C=O) groups is 1. The molecule has 0 aliphatic heterocycles. The predicted octanol–water partition coefficient (Wildman–Crippen LogP) is 4.62. The van der Waals surface area contributed by atoms with Crippen LogP contribution in [0.5, 0.6) is 5.75 Å². The van der Waals surface area contributed by atoms with Gasteiger partial charge in [0.2, 0.25) is 0 Å². The Kier molecular flexibility index (Phi) is 4.61. The molecule has 3 nitrogen and oxygen atoms in total. The van der Waals surface area contributed by atoms with E-state index in [1.165, 1.54) is 19.2 Å². The van der Waals surface area contributed by atoms with Crippen molar-refractivity contribution in [2.24, 2.45) is 0 Å². The van der Waals surface area contributed by atoms with Gasteiger partial charge in [0.05, 0.1) is 23.3 Å². The van der Waals surface area contributed by atoms with E-state index in [0.717, 1.165) is 12.1 Å². The molecule has 1 N–H and O–H groups in total. The molecule has 0 saturated carbocycles. The first-order valence-electron chi connectivity index (χ1n) is 6.14. The molecule has 2 aromatic carbocycles. The first-order valence-corrected chi connectivity index (χ1v) is 6.52. The van der Waals surface area contributed by atoms with Crippen LogP contribution >= 0.6 is 11.6 Å². The molecule has 0 saturated heterocycles. The third kappa shape index (κ3) is 3.51. The van der Waals surface area contributed by atoms with Crippen molar-refractivity contribution in [3.05, 3.63) is 58.6 Å². The van der Waals surface area contributed by atoms with Crippen molar-refractivity contribution in [2.45, 2.75) is 6.18 Å². The lowest BCUT2D eigenvalue weighted by atomic mass is 10.1. The number of ether oxygens (including phenoxy) is 1. The summed E-state index contributed by atoms with van der Waals surface area (Å²) < 4.78 is 43.4. The van der Waals surface area contributed by atoms with Crippen molar-refractivity contribution in [2.75, 3.05) is 12.4 Å². The fraction of sp³-hybridized carbons (Fsp3) is 0.133. The monoisotopic (exact) mass is 329 g/mol. The summed E-state index contributed by atoms with van der Waals surface area (Å²) in [5.41, 5.74) is -0.798. The molecule has 2 rings (SSSR count). The molecule has 0 heterocycles. The average Bonchev–Trinajstić information content (AvgIpc) is 2.48. The normalized spacial score (nSPS) is 11.1. The highest BCUT2D eigenvalue weighted by molar-refractivity contribution is 6.31. The Labute approximate surface area is 129 Å². The SMILES string of the molecule is COc1ccccc1C(=O)Nc1ccc(Cl)c(C(F)(F)F)c1. The molecule has 0 atom stereocenters. The van der Waals surface area contributed by atoms with Crippen molar-refractivity contribution in [1.29, 1.82) is 0 Å². The van der Waals surface area contributed by atoms with Crippen LogP contribution in [-0.4, -0.2) is 13.0 Å². The zero-order valence-electron chi connectivity index (χ0n) is 11.4. The fourth-order valence-corrected chi connectivity index (χ4v) is 2.08. The van der Waals surface area contributed by atoms with Crippen LogP contribution in [0.2, 0.25) is 5.02 Å². The van der Waals surface area contributed by atoms with E-state index < -0.39 is 22.7 Å². The van der Waals surface area contributed by atoms with Gasteiger partial charge in [-0.2, -0.15) is 13.2 Å². The van der Waals surface area contributed by atoms with E-state index in [2.05, 4.69) is 5.32 Å². The van der Waals surface area contributed by atoms with Gasteiger partial charge < -0.3 is 10.1 Å².